The molecule has 2 nitrogen and oxygen atoms in total. The molecule has 2 heteroatoms. The first-order valence-electron chi connectivity index (χ1n) is 5.12. The number of allylic oxidation sites excluding steroid dienone is 2. The Morgan fingerprint density at radius 2 is 2.07 bits per heavy atom. The quantitative estimate of drug-likeness (QED) is 0.370. The average Bonchev–Trinajstić information content (AvgIpc) is 2.17. The molecule has 0 aromatic carbocycles. The molecule has 0 fully saturated rings. The average molecular weight is 196 g/mol. The summed E-state index contributed by atoms with van der Waals surface area (Å²) < 4.78 is 4.83. The Labute approximate surface area is 86.6 Å². The van der Waals surface area contributed by atoms with E-state index in [1.54, 1.807) is 6.92 Å². The normalized spacial score (nSPS) is 11.2. The molecule has 0 aromatic heterocycles. The summed E-state index contributed by atoms with van der Waals surface area (Å²) >= 11 is 0. The van der Waals surface area contributed by atoms with Gasteiger partial charge in [0, 0.05) is 5.57 Å². The second kappa shape index (κ2) is 7.36. The minimum atomic E-state index is -0.268. The molecule has 0 saturated heterocycles. The lowest BCUT2D eigenvalue weighted by molar-refractivity contribution is -0.138. The lowest BCUT2D eigenvalue weighted by Crippen LogP contribution is -2.06. The van der Waals surface area contributed by atoms with Crippen LogP contribution in [-0.2, 0) is 9.53 Å². The van der Waals surface area contributed by atoms with Gasteiger partial charge in [-0.05, 0) is 33.1 Å². The van der Waals surface area contributed by atoms with Gasteiger partial charge in [-0.2, -0.15) is 0 Å². The summed E-state index contributed by atoms with van der Waals surface area (Å²) in [7, 11) is 0. The van der Waals surface area contributed by atoms with Crippen molar-refractivity contribution in [3.8, 4) is 0 Å². The molecule has 0 rings (SSSR count). The Morgan fingerprint density at radius 1 is 1.43 bits per heavy atom. The van der Waals surface area contributed by atoms with Crippen LogP contribution < -0.4 is 0 Å². The standard InChI is InChI=1S/C12H20O2/c1-5-10(3)8-7-9-11(4)12(13)14-6-2/h8H,4-7,9H2,1-3H3/b10-8-. The molecule has 0 aliphatic rings. The van der Waals surface area contributed by atoms with E-state index in [0.29, 0.717) is 18.6 Å². The molecule has 80 valence electrons. The molecule has 0 radical (unpaired) electrons. The van der Waals surface area contributed by atoms with Crippen LogP contribution >= 0.6 is 0 Å². The molecule has 0 heterocycles. The first-order valence-corrected chi connectivity index (χ1v) is 5.12. The topological polar surface area (TPSA) is 26.3 Å². The van der Waals surface area contributed by atoms with Gasteiger partial charge in [0.15, 0.2) is 0 Å². The zero-order valence-electron chi connectivity index (χ0n) is 9.43. The Morgan fingerprint density at radius 3 is 2.57 bits per heavy atom. The molecule has 0 unspecified atom stereocenters. The molecular weight excluding hydrogens is 176 g/mol. The van der Waals surface area contributed by atoms with E-state index in [0.717, 1.165) is 12.8 Å². The van der Waals surface area contributed by atoms with Crippen LogP contribution in [0.3, 0.4) is 0 Å². The van der Waals surface area contributed by atoms with E-state index in [9.17, 15) is 4.79 Å². The molecule has 0 aliphatic carbocycles. The molecule has 14 heavy (non-hydrogen) atoms. The van der Waals surface area contributed by atoms with Gasteiger partial charge in [0.25, 0.3) is 0 Å². The van der Waals surface area contributed by atoms with Crippen LogP contribution in [-0.4, -0.2) is 12.6 Å². The van der Waals surface area contributed by atoms with Crippen LogP contribution in [0.15, 0.2) is 23.8 Å². The Balaban J connectivity index is 3.80. The van der Waals surface area contributed by atoms with E-state index in [2.05, 4.69) is 26.5 Å². The third-order valence-electron chi connectivity index (χ3n) is 2.06. The molecule has 0 bridgehead atoms. The molecule has 0 spiro atoms. The van der Waals surface area contributed by atoms with Crippen molar-refractivity contribution in [3.63, 3.8) is 0 Å². The smallest absolute Gasteiger partial charge is 0.333 e. The number of hydrogen-bond donors (Lipinski definition) is 0. The first-order chi connectivity index (χ1) is 6.61. The van der Waals surface area contributed by atoms with E-state index in [1.165, 1.54) is 5.57 Å². The maximum absolute atomic E-state index is 11.1. The fourth-order valence-corrected chi connectivity index (χ4v) is 0.972. The molecule has 0 aromatic rings. The molecular formula is C12H20O2. The van der Waals surface area contributed by atoms with Gasteiger partial charge in [-0.15, -0.1) is 0 Å². The number of carbonyl (C=O) groups excluding carboxylic acids is 1. The second-order valence-corrected chi connectivity index (χ2v) is 3.27. The fraction of sp³-hybridized carbons (Fsp3) is 0.583. The highest BCUT2D eigenvalue weighted by Gasteiger charge is 2.05. The highest BCUT2D eigenvalue weighted by molar-refractivity contribution is 5.87. The van der Waals surface area contributed by atoms with Crippen molar-refractivity contribution in [2.45, 2.75) is 40.0 Å². The summed E-state index contributed by atoms with van der Waals surface area (Å²) in [6.45, 7) is 10.1. The van der Waals surface area contributed by atoms with Crippen molar-refractivity contribution in [2.75, 3.05) is 6.61 Å². The maximum Gasteiger partial charge on any atom is 0.333 e. The molecule has 0 aliphatic heterocycles. The van der Waals surface area contributed by atoms with Gasteiger partial charge in [-0.1, -0.05) is 25.2 Å². The van der Waals surface area contributed by atoms with Crippen molar-refractivity contribution >= 4 is 5.97 Å². The summed E-state index contributed by atoms with van der Waals surface area (Å²) in [4.78, 5) is 11.1. The van der Waals surface area contributed by atoms with Gasteiger partial charge in [-0.3, -0.25) is 0 Å². The summed E-state index contributed by atoms with van der Waals surface area (Å²) in [5.74, 6) is -0.268. The van der Waals surface area contributed by atoms with Gasteiger partial charge >= 0.3 is 5.97 Å². The van der Waals surface area contributed by atoms with Gasteiger partial charge in [-0.25, -0.2) is 4.79 Å². The number of hydrogen-bond acceptors (Lipinski definition) is 2. The number of carbonyl (C=O) groups is 1. The van der Waals surface area contributed by atoms with Gasteiger partial charge in [0.05, 0.1) is 6.61 Å². The van der Waals surface area contributed by atoms with Crippen LogP contribution in [0.1, 0.15) is 40.0 Å². The van der Waals surface area contributed by atoms with Gasteiger partial charge in [0.1, 0.15) is 0 Å². The van der Waals surface area contributed by atoms with E-state index in [1.807, 2.05) is 0 Å². The second-order valence-electron chi connectivity index (χ2n) is 3.27. The van der Waals surface area contributed by atoms with Crippen LogP contribution in [0.4, 0.5) is 0 Å². The SMILES string of the molecule is C=C(CC/C=C(/C)CC)C(=O)OCC. The van der Waals surface area contributed by atoms with E-state index in [-0.39, 0.29) is 5.97 Å². The molecule has 0 saturated carbocycles. The minimum Gasteiger partial charge on any atom is -0.463 e. The number of ether oxygens (including phenoxy) is 1. The van der Waals surface area contributed by atoms with E-state index < -0.39 is 0 Å². The third kappa shape index (κ3) is 5.57. The lowest BCUT2D eigenvalue weighted by Gasteiger charge is -2.03. The van der Waals surface area contributed by atoms with Crippen molar-refractivity contribution in [2.24, 2.45) is 0 Å². The third-order valence-corrected chi connectivity index (χ3v) is 2.06. The van der Waals surface area contributed by atoms with E-state index >= 15 is 0 Å². The van der Waals surface area contributed by atoms with Crippen LogP contribution in [0, 0.1) is 0 Å². The maximum atomic E-state index is 11.1. The predicted octanol–water partition coefficient (Wildman–Crippen LogP) is 3.24. The summed E-state index contributed by atoms with van der Waals surface area (Å²) in [5.41, 5.74) is 1.91. The number of rotatable bonds is 6. The van der Waals surface area contributed by atoms with Crippen LogP contribution in [0.25, 0.3) is 0 Å². The zero-order valence-corrected chi connectivity index (χ0v) is 9.43. The summed E-state index contributed by atoms with van der Waals surface area (Å²) in [6.07, 6.45) is 4.77. The summed E-state index contributed by atoms with van der Waals surface area (Å²) in [6, 6.07) is 0. The van der Waals surface area contributed by atoms with Gasteiger partial charge in [0.2, 0.25) is 0 Å². The van der Waals surface area contributed by atoms with Crippen molar-refractivity contribution in [1.82, 2.24) is 0 Å². The highest BCUT2D eigenvalue weighted by atomic mass is 16.5. The largest absolute Gasteiger partial charge is 0.463 e. The van der Waals surface area contributed by atoms with Crippen LogP contribution in [0.2, 0.25) is 0 Å². The van der Waals surface area contributed by atoms with Gasteiger partial charge < -0.3 is 4.74 Å². The monoisotopic (exact) mass is 196 g/mol. The first kappa shape index (κ1) is 12.9. The Kier molecular flexibility index (Phi) is 6.81. The van der Waals surface area contributed by atoms with E-state index in [4.69, 9.17) is 4.74 Å². The molecule has 0 N–H and O–H groups in total. The van der Waals surface area contributed by atoms with Crippen molar-refractivity contribution in [1.29, 1.82) is 0 Å². The van der Waals surface area contributed by atoms with Crippen LogP contribution in [0.5, 0.6) is 0 Å². The molecule has 0 atom stereocenters. The predicted molar refractivity (Wildman–Crippen MR) is 59.1 cm³/mol. The summed E-state index contributed by atoms with van der Waals surface area (Å²) in [5, 5.41) is 0. The Hall–Kier alpha value is -1.05. The lowest BCUT2D eigenvalue weighted by atomic mass is 10.1. The minimum absolute atomic E-state index is 0.268. The number of esters is 1. The zero-order chi connectivity index (χ0) is 11.0. The van der Waals surface area contributed by atoms with Crippen molar-refractivity contribution in [3.05, 3.63) is 23.8 Å². The van der Waals surface area contributed by atoms with Crippen molar-refractivity contribution < 1.29 is 9.53 Å². The molecule has 0 amide bonds. The Bertz CT molecular complexity index is 226. The fourth-order valence-electron chi connectivity index (χ4n) is 0.972. The highest BCUT2D eigenvalue weighted by Crippen LogP contribution is 2.08.